The molecule has 0 fully saturated rings. The van der Waals surface area contributed by atoms with E-state index in [4.69, 9.17) is 50.0 Å². The molecule has 12 heteroatoms. The van der Waals surface area contributed by atoms with Crippen molar-refractivity contribution in [3.63, 3.8) is 0 Å². The van der Waals surface area contributed by atoms with Crippen molar-refractivity contribution < 1.29 is 9.84 Å². The summed E-state index contributed by atoms with van der Waals surface area (Å²) in [5, 5.41) is 12.1. The van der Waals surface area contributed by atoms with Gasteiger partial charge in [-0.05, 0) is 77.4 Å². The maximum Gasteiger partial charge on any atom is 0.142 e. The number of nitrogen functional groups attached to an aromatic ring is 6. The molecular weight excluding hydrogens is 551 g/mol. The molecule has 0 radical (unpaired) electrons. The highest BCUT2D eigenvalue weighted by Crippen LogP contribution is 2.29. The average Bonchev–Trinajstić information content (AvgIpc) is 2.87. The van der Waals surface area contributed by atoms with Gasteiger partial charge in [-0.3, -0.25) is 0 Å². The molecule has 4 aromatic rings. The van der Waals surface area contributed by atoms with Gasteiger partial charge in [-0.1, -0.05) is 12.1 Å². The smallest absolute Gasteiger partial charge is 0.142 e. The van der Waals surface area contributed by atoms with Crippen molar-refractivity contribution >= 4 is 64.6 Å². The fourth-order valence-corrected chi connectivity index (χ4v) is 3.81. The summed E-state index contributed by atoms with van der Waals surface area (Å²) in [4.78, 5) is 0. The molecule has 0 aliphatic carbocycles. The number of hydrogen-bond acceptors (Lipinski definition) is 10. The van der Waals surface area contributed by atoms with Crippen molar-refractivity contribution in [2.24, 2.45) is 5.73 Å². The summed E-state index contributed by atoms with van der Waals surface area (Å²) >= 11 is 0. The quantitative estimate of drug-likeness (QED) is 0.135. The summed E-state index contributed by atoms with van der Waals surface area (Å²) in [5.41, 5.74) is 48.7. The molecule has 0 saturated carbocycles. The van der Waals surface area contributed by atoms with Gasteiger partial charge in [0.2, 0.25) is 0 Å². The summed E-state index contributed by atoms with van der Waals surface area (Å²) in [6, 6.07) is 22.0. The fraction of sp³-hybridized carbons (Fsp3) is 0.143. The van der Waals surface area contributed by atoms with Gasteiger partial charge in [0.15, 0.2) is 0 Å². The number of hydrogen-bond donors (Lipinski definition) is 9. The SMILES string of the molecule is Cl.Cl.NCc1c(N)cc(-c2ccc(N)cc2)cc1N.Nc1cc(N)cc(CNc2cc(N)ccc2OCCO)c1. The molecule has 0 bridgehead atoms. The van der Waals surface area contributed by atoms with E-state index >= 15 is 0 Å². The Kier molecular flexibility index (Phi) is 13.5. The number of benzene rings is 4. The van der Waals surface area contributed by atoms with Gasteiger partial charge >= 0.3 is 0 Å². The van der Waals surface area contributed by atoms with Gasteiger partial charge in [0, 0.05) is 52.8 Å². The topological polar surface area (TPSA) is 224 Å². The van der Waals surface area contributed by atoms with E-state index in [0.717, 1.165) is 33.6 Å². The highest BCUT2D eigenvalue weighted by atomic mass is 35.5. The van der Waals surface area contributed by atoms with Gasteiger partial charge in [0.05, 0.1) is 12.3 Å². The minimum absolute atomic E-state index is 0. The van der Waals surface area contributed by atoms with E-state index in [1.807, 2.05) is 48.5 Å². The lowest BCUT2D eigenvalue weighted by atomic mass is 10.0. The monoisotopic (exact) mass is 588 g/mol. The first-order chi connectivity index (χ1) is 18.2. The minimum Gasteiger partial charge on any atom is -0.489 e. The molecule has 16 N–H and O–H groups in total. The lowest BCUT2D eigenvalue weighted by Gasteiger charge is -2.14. The van der Waals surface area contributed by atoms with Crippen molar-refractivity contribution in [1.82, 2.24) is 0 Å². The van der Waals surface area contributed by atoms with Crippen LogP contribution in [0.15, 0.2) is 72.8 Å². The molecule has 0 aromatic heterocycles. The average molecular weight is 590 g/mol. The van der Waals surface area contributed by atoms with Crippen LogP contribution in [0.4, 0.5) is 39.8 Å². The summed E-state index contributed by atoms with van der Waals surface area (Å²) in [6.45, 7) is 1.06. The molecule has 0 aliphatic heterocycles. The Bertz CT molecular complexity index is 1330. The third-order valence-corrected chi connectivity index (χ3v) is 5.64. The second-order valence-corrected chi connectivity index (χ2v) is 8.65. The normalized spacial score (nSPS) is 9.85. The van der Waals surface area contributed by atoms with Crippen LogP contribution in [0.1, 0.15) is 11.1 Å². The largest absolute Gasteiger partial charge is 0.489 e. The molecule has 4 aromatic carbocycles. The van der Waals surface area contributed by atoms with Gasteiger partial charge in [-0.2, -0.15) is 0 Å². The Hall–Kier alpha value is -4.22. The number of aliphatic hydroxyl groups is 1. The summed E-state index contributed by atoms with van der Waals surface area (Å²) in [5.74, 6) is 0.634. The minimum atomic E-state index is -0.0461. The molecular formula is C28H38Cl2N8O2. The van der Waals surface area contributed by atoms with Gasteiger partial charge < -0.3 is 55.3 Å². The van der Waals surface area contributed by atoms with E-state index in [9.17, 15) is 0 Å². The lowest BCUT2D eigenvalue weighted by Crippen LogP contribution is -2.07. The zero-order chi connectivity index (χ0) is 27.7. The van der Waals surface area contributed by atoms with Gasteiger partial charge in [0.25, 0.3) is 0 Å². The van der Waals surface area contributed by atoms with Crippen LogP contribution >= 0.6 is 24.8 Å². The van der Waals surface area contributed by atoms with Gasteiger partial charge in [-0.15, -0.1) is 24.8 Å². The molecule has 0 unspecified atom stereocenters. The summed E-state index contributed by atoms with van der Waals surface area (Å²) in [6.07, 6.45) is 0. The number of aliphatic hydroxyl groups excluding tert-OH is 1. The van der Waals surface area contributed by atoms with Crippen molar-refractivity contribution in [1.29, 1.82) is 0 Å². The molecule has 10 nitrogen and oxygen atoms in total. The second-order valence-electron chi connectivity index (χ2n) is 8.65. The zero-order valence-corrected chi connectivity index (χ0v) is 23.6. The number of halogens is 2. The molecule has 216 valence electrons. The Morgan fingerprint density at radius 3 is 1.77 bits per heavy atom. The van der Waals surface area contributed by atoms with E-state index in [1.54, 1.807) is 24.3 Å². The van der Waals surface area contributed by atoms with Crippen LogP contribution in [0.5, 0.6) is 5.75 Å². The molecule has 0 spiro atoms. The number of anilines is 7. The molecule has 4 rings (SSSR count). The molecule has 0 amide bonds. The summed E-state index contributed by atoms with van der Waals surface area (Å²) < 4.78 is 5.46. The molecule has 40 heavy (non-hydrogen) atoms. The first-order valence-corrected chi connectivity index (χ1v) is 12.0. The van der Waals surface area contributed by atoms with Crippen molar-refractivity contribution in [2.75, 3.05) is 52.9 Å². The van der Waals surface area contributed by atoms with Crippen LogP contribution in [0.2, 0.25) is 0 Å². The van der Waals surface area contributed by atoms with Crippen molar-refractivity contribution in [3.8, 4) is 16.9 Å². The van der Waals surface area contributed by atoms with Crippen LogP contribution in [0, 0.1) is 0 Å². The van der Waals surface area contributed by atoms with Crippen LogP contribution in [-0.4, -0.2) is 18.3 Å². The Morgan fingerprint density at radius 2 is 1.23 bits per heavy atom. The maximum atomic E-state index is 8.84. The Morgan fingerprint density at radius 1 is 0.650 bits per heavy atom. The van der Waals surface area contributed by atoms with E-state index in [0.29, 0.717) is 47.3 Å². The van der Waals surface area contributed by atoms with E-state index in [-0.39, 0.29) is 38.0 Å². The van der Waals surface area contributed by atoms with Gasteiger partial charge in [0.1, 0.15) is 12.4 Å². The third kappa shape index (κ3) is 9.51. The van der Waals surface area contributed by atoms with E-state index in [2.05, 4.69) is 5.32 Å². The van der Waals surface area contributed by atoms with Gasteiger partial charge in [-0.25, -0.2) is 0 Å². The second kappa shape index (κ2) is 16.0. The standard InChI is InChI=1S/C15H20N4O2.C13H16N4.2ClH/c16-11-1-2-15(21-4-3-20)14(8-11)19-9-10-5-12(17)7-13(18)6-10;14-7-11-12(16)5-9(6-13(11)17)8-1-3-10(15)4-2-8;;/h1-2,5-8,19-20H,3-4,9,16-18H2;1-6H,7,14-17H2;2*1H. The highest BCUT2D eigenvalue weighted by molar-refractivity contribution is 5.85. The third-order valence-electron chi connectivity index (χ3n) is 5.64. The number of rotatable bonds is 8. The zero-order valence-electron chi connectivity index (χ0n) is 22.0. The van der Waals surface area contributed by atoms with Crippen LogP contribution in [-0.2, 0) is 13.1 Å². The first kappa shape index (κ1) is 33.8. The van der Waals surface area contributed by atoms with E-state index in [1.165, 1.54) is 0 Å². The van der Waals surface area contributed by atoms with Crippen LogP contribution in [0.25, 0.3) is 11.1 Å². The predicted molar refractivity (Wildman–Crippen MR) is 174 cm³/mol. The Balaban J connectivity index is 0.000000388. The predicted octanol–water partition coefficient (Wildman–Crippen LogP) is 3.82. The maximum absolute atomic E-state index is 8.84. The molecule has 0 heterocycles. The summed E-state index contributed by atoms with van der Waals surface area (Å²) in [7, 11) is 0. The van der Waals surface area contributed by atoms with E-state index < -0.39 is 0 Å². The van der Waals surface area contributed by atoms with Crippen LogP contribution in [0.3, 0.4) is 0 Å². The number of ether oxygens (including phenoxy) is 1. The highest BCUT2D eigenvalue weighted by Gasteiger charge is 2.07. The van der Waals surface area contributed by atoms with Crippen molar-refractivity contribution in [3.05, 3.63) is 83.9 Å². The van der Waals surface area contributed by atoms with Crippen molar-refractivity contribution in [2.45, 2.75) is 13.1 Å². The number of nitrogens with one attached hydrogen (secondary N) is 1. The molecule has 0 aliphatic rings. The number of nitrogens with two attached hydrogens (primary N) is 7. The lowest BCUT2D eigenvalue weighted by molar-refractivity contribution is 0.202. The Labute approximate surface area is 246 Å². The molecule has 0 atom stereocenters. The molecule has 0 saturated heterocycles. The van der Waals surface area contributed by atoms with Crippen LogP contribution < -0.4 is 50.2 Å². The fourth-order valence-electron chi connectivity index (χ4n) is 3.81. The first-order valence-electron chi connectivity index (χ1n) is 12.0.